The van der Waals surface area contributed by atoms with Crippen LogP contribution in [-0.2, 0) is 10.0 Å². The van der Waals surface area contributed by atoms with E-state index in [2.05, 4.69) is 30.0 Å². The Kier molecular flexibility index (Phi) is 6.36. The van der Waals surface area contributed by atoms with Gasteiger partial charge in [0.15, 0.2) is 0 Å². The monoisotopic (exact) mass is 513 g/mol. The molecule has 190 valence electrons. The molecule has 0 atom stereocenters. The van der Waals surface area contributed by atoms with Gasteiger partial charge in [0.1, 0.15) is 22.6 Å². The average molecular weight is 514 g/mol. The second-order valence-corrected chi connectivity index (χ2v) is 10.5. The van der Waals surface area contributed by atoms with Crippen molar-refractivity contribution < 1.29 is 13.2 Å². The normalized spacial score (nSPS) is 15.6. The number of rotatable bonds is 7. The molecule has 13 heteroatoms. The number of fused-ring (bicyclic) bond motifs is 3. The number of sulfonamides is 1. The number of pyridine rings is 1. The molecule has 4 heterocycles. The predicted molar refractivity (Wildman–Crippen MR) is 135 cm³/mol. The van der Waals surface area contributed by atoms with Crippen LogP contribution in [0.15, 0.2) is 38.9 Å². The lowest BCUT2D eigenvalue weighted by Crippen LogP contribution is -2.48. The van der Waals surface area contributed by atoms with E-state index in [0.29, 0.717) is 55.1 Å². The highest BCUT2D eigenvalue weighted by Gasteiger charge is 2.29. The Labute approximate surface area is 206 Å². The molecule has 0 amide bonds. The van der Waals surface area contributed by atoms with Crippen LogP contribution in [0, 0.1) is 0 Å². The number of hydrogen-bond acceptors (Lipinski definition) is 8. The molecular weight excluding hydrogens is 486 g/mol. The van der Waals surface area contributed by atoms with Crippen molar-refractivity contribution in [3.63, 3.8) is 0 Å². The quantitative estimate of drug-likeness (QED) is 0.333. The minimum Gasteiger partial charge on any atom is -0.493 e. The molecule has 0 bridgehead atoms. The molecule has 1 saturated heterocycles. The summed E-state index contributed by atoms with van der Waals surface area (Å²) >= 11 is 0. The van der Waals surface area contributed by atoms with Gasteiger partial charge in [-0.2, -0.15) is 9.40 Å². The number of nitrogens with zero attached hydrogens (tertiary/aromatic N) is 4. The average Bonchev–Trinajstić information content (AvgIpc) is 3.35. The Morgan fingerprint density at radius 3 is 2.53 bits per heavy atom. The SMILES string of the molecule is CCCOc1ccc(S(=O)(=O)N2CCN(CC)CC2)cc1-c1nc2c(c(=O)[nH]1)c(=O)[nH]c1[nH]ncc12. The summed E-state index contributed by atoms with van der Waals surface area (Å²) < 4.78 is 34.3. The van der Waals surface area contributed by atoms with Gasteiger partial charge in [0.2, 0.25) is 10.0 Å². The number of benzene rings is 1. The number of likely N-dealkylation sites (N-methyl/N-ethyl adjacent to an activating group) is 1. The Hall–Kier alpha value is -3.55. The first kappa shape index (κ1) is 24.2. The number of aromatic nitrogens is 5. The zero-order chi connectivity index (χ0) is 25.4. The molecule has 12 nitrogen and oxygen atoms in total. The molecule has 3 aromatic heterocycles. The van der Waals surface area contributed by atoms with E-state index in [4.69, 9.17) is 4.74 Å². The van der Waals surface area contributed by atoms with Gasteiger partial charge >= 0.3 is 0 Å². The fourth-order valence-corrected chi connectivity index (χ4v) is 5.82. The first-order valence-electron chi connectivity index (χ1n) is 11.8. The molecule has 3 N–H and O–H groups in total. The summed E-state index contributed by atoms with van der Waals surface area (Å²) in [5, 5.41) is 6.93. The summed E-state index contributed by atoms with van der Waals surface area (Å²) in [4.78, 5) is 37.5. The Morgan fingerprint density at radius 2 is 1.81 bits per heavy atom. The van der Waals surface area contributed by atoms with E-state index < -0.39 is 21.1 Å². The minimum absolute atomic E-state index is 0.0772. The molecule has 1 aromatic carbocycles. The summed E-state index contributed by atoms with van der Waals surface area (Å²) in [6, 6.07) is 4.56. The van der Waals surface area contributed by atoms with Crippen molar-refractivity contribution in [1.82, 2.24) is 34.4 Å². The summed E-state index contributed by atoms with van der Waals surface area (Å²) in [5.74, 6) is 0.474. The standard InChI is InChI=1S/C23H27N7O5S/c1-3-11-35-17-6-5-14(36(33,34)30-9-7-29(4-2)8-10-30)12-15(17)20-25-19-16-13-24-28-21(16)27-23(32)18(19)22(31)26-20/h5-6,12-13H,3-4,7-11H2,1-2H3,(H,25,26,31)(H2,24,27,28,32). The van der Waals surface area contributed by atoms with Crippen LogP contribution in [0.4, 0.5) is 0 Å². The van der Waals surface area contributed by atoms with Crippen LogP contribution in [-0.4, -0.2) is 82.1 Å². The highest BCUT2D eigenvalue weighted by Crippen LogP contribution is 2.32. The number of hydrogen-bond donors (Lipinski definition) is 3. The maximum absolute atomic E-state index is 13.5. The van der Waals surface area contributed by atoms with E-state index in [0.717, 1.165) is 13.0 Å². The first-order valence-corrected chi connectivity index (χ1v) is 13.3. The van der Waals surface area contributed by atoms with Gasteiger partial charge < -0.3 is 19.6 Å². The number of nitrogens with one attached hydrogen (secondary N) is 3. The number of ether oxygens (including phenoxy) is 1. The molecule has 4 aromatic rings. The third-order valence-electron chi connectivity index (χ3n) is 6.36. The third kappa shape index (κ3) is 4.18. The van der Waals surface area contributed by atoms with E-state index in [1.807, 2.05) is 13.8 Å². The summed E-state index contributed by atoms with van der Waals surface area (Å²) in [5.41, 5.74) is -0.447. The van der Waals surface area contributed by atoms with Gasteiger partial charge in [0.25, 0.3) is 11.1 Å². The summed E-state index contributed by atoms with van der Waals surface area (Å²) in [6.07, 6.45) is 2.20. The van der Waals surface area contributed by atoms with Crippen molar-refractivity contribution in [2.75, 3.05) is 39.3 Å². The van der Waals surface area contributed by atoms with Crippen molar-refractivity contribution >= 4 is 32.0 Å². The molecule has 0 radical (unpaired) electrons. The van der Waals surface area contributed by atoms with Crippen LogP contribution < -0.4 is 15.9 Å². The minimum atomic E-state index is -3.79. The number of H-pyrrole nitrogens is 3. The lowest BCUT2D eigenvalue weighted by molar-refractivity contribution is 0.196. The number of aromatic amines is 3. The van der Waals surface area contributed by atoms with E-state index in [9.17, 15) is 18.0 Å². The van der Waals surface area contributed by atoms with E-state index >= 15 is 0 Å². The van der Waals surface area contributed by atoms with Crippen molar-refractivity contribution in [2.24, 2.45) is 0 Å². The Morgan fingerprint density at radius 1 is 1.06 bits per heavy atom. The van der Waals surface area contributed by atoms with E-state index in [1.54, 1.807) is 6.07 Å². The highest BCUT2D eigenvalue weighted by molar-refractivity contribution is 7.89. The summed E-state index contributed by atoms with van der Waals surface area (Å²) in [7, 11) is -3.79. The van der Waals surface area contributed by atoms with Crippen LogP contribution in [0.3, 0.4) is 0 Å². The van der Waals surface area contributed by atoms with Gasteiger partial charge in [0.05, 0.1) is 34.2 Å². The van der Waals surface area contributed by atoms with Crippen LogP contribution in [0.2, 0.25) is 0 Å². The molecule has 0 saturated carbocycles. The van der Waals surface area contributed by atoms with Crippen molar-refractivity contribution in [3.05, 3.63) is 45.1 Å². The first-order chi connectivity index (χ1) is 17.3. The van der Waals surface area contributed by atoms with Crippen molar-refractivity contribution in [2.45, 2.75) is 25.2 Å². The molecule has 5 rings (SSSR count). The second kappa shape index (κ2) is 9.48. The fraction of sp³-hybridized carbons (Fsp3) is 0.391. The van der Waals surface area contributed by atoms with Gasteiger partial charge in [-0.05, 0) is 31.2 Å². The van der Waals surface area contributed by atoms with Gasteiger partial charge in [-0.3, -0.25) is 14.7 Å². The Balaban J connectivity index is 1.66. The van der Waals surface area contributed by atoms with Gasteiger partial charge in [-0.1, -0.05) is 13.8 Å². The van der Waals surface area contributed by atoms with Gasteiger partial charge in [-0.25, -0.2) is 13.4 Å². The lowest BCUT2D eigenvalue weighted by atomic mass is 10.1. The van der Waals surface area contributed by atoms with Gasteiger partial charge in [0, 0.05) is 26.2 Å². The molecule has 0 aliphatic carbocycles. The van der Waals surface area contributed by atoms with Gasteiger partial charge in [-0.15, -0.1) is 0 Å². The number of piperazine rings is 1. The fourth-order valence-electron chi connectivity index (χ4n) is 4.37. The Bertz CT molecular complexity index is 1650. The van der Waals surface area contributed by atoms with Crippen molar-refractivity contribution in [3.8, 4) is 17.1 Å². The molecule has 0 unspecified atom stereocenters. The van der Waals surface area contributed by atoms with E-state index in [1.165, 1.54) is 22.6 Å². The third-order valence-corrected chi connectivity index (χ3v) is 8.26. The largest absolute Gasteiger partial charge is 0.493 e. The zero-order valence-electron chi connectivity index (χ0n) is 20.0. The maximum Gasteiger partial charge on any atom is 0.264 e. The smallest absolute Gasteiger partial charge is 0.264 e. The van der Waals surface area contributed by atoms with Crippen LogP contribution in [0.5, 0.6) is 5.75 Å². The van der Waals surface area contributed by atoms with E-state index in [-0.39, 0.29) is 21.6 Å². The predicted octanol–water partition coefficient (Wildman–Crippen LogP) is 1.27. The lowest BCUT2D eigenvalue weighted by Gasteiger charge is -2.33. The highest BCUT2D eigenvalue weighted by atomic mass is 32.2. The molecule has 1 fully saturated rings. The maximum atomic E-state index is 13.5. The van der Waals surface area contributed by atoms with Crippen LogP contribution in [0.1, 0.15) is 20.3 Å². The molecule has 0 spiro atoms. The molecular formula is C23H27N7O5S. The molecule has 36 heavy (non-hydrogen) atoms. The summed E-state index contributed by atoms with van der Waals surface area (Å²) in [6.45, 7) is 7.37. The topological polar surface area (TPSA) is 157 Å². The van der Waals surface area contributed by atoms with Crippen LogP contribution >= 0.6 is 0 Å². The zero-order valence-corrected chi connectivity index (χ0v) is 20.8. The second-order valence-electron chi connectivity index (χ2n) is 8.60. The molecule has 1 aliphatic rings. The van der Waals surface area contributed by atoms with Crippen LogP contribution in [0.25, 0.3) is 33.3 Å². The van der Waals surface area contributed by atoms with Crippen molar-refractivity contribution in [1.29, 1.82) is 0 Å². The molecule has 1 aliphatic heterocycles.